The van der Waals surface area contributed by atoms with E-state index in [0.717, 1.165) is 0 Å². The Hall–Kier alpha value is 1.07. The normalized spacial score (nSPS) is 14.8. The first kappa shape index (κ1) is 11.1. The summed E-state index contributed by atoms with van der Waals surface area (Å²) in [5.41, 5.74) is 0.981. The topological polar surface area (TPSA) is 40.1 Å². The minimum atomic E-state index is -0.0781. The number of hydrogen-bond acceptors (Lipinski definition) is 2. The maximum absolute atomic E-state index is 11.0. The maximum Gasteiger partial charge on any atom is 1.00 e. The van der Waals surface area contributed by atoms with E-state index in [1.54, 1.807) is 24.3 Å². The van der Waals surface area contributed by atoms with E-state index in [4.69, 9.17) is 0 Å². The van der Waals surface area contributed by atoms with E-state index >= 15 is 0 Å². The van der Waals surface area contributed by atoms with Crippen LogP contribution in [0.5, 0.6) is 0 Å². The molecule has 4 heteroatoms. The molecule has 1 heterocycles. The van der Waals surface area contributed by atoms with Crippen molar-refractivity contribution in [2.24, 2.45) is 0 Å². The molecular formula is C8H4CsO2P. The van der Waals surface area contributed by atoms with E-state index in [1.807, 2.05) is 0 Å². The Morgan fingerprint density at radius 3 is 2.33 bits per heavy atom. The Kier molecular flexibility index (Phi) is 4.21. The summed E-state index contributed by atoms with van der Waals surface area (Å²) in [6.45, 7) is 0. The van der Waals surface area contributed by atoms with Gasteiger partial charge in [0, 0.05) is 5.56 Å². The van der Waals surface area contributed by atoms with E-state index in [1.165, 1.54) is 0 Å². The van der Waals surface area contributed by atoms with Crippen molar-refractivity contribution in [1.82, 2.24) is 0 Å². The van der Waals surface area contributed by atoms with Crippen molar-refractivity contribution in [2.75, 3.05) is 0 Å². The maximum atomic E-state index is 11.0. The van der Waals surface area contributed by atoms with Gasteiger partial charge in [0.1, 0.15) is 0 Å². The van der Waals surface area contributed by atoms with Crippen LogP contribution in [0.2, 0.25) is 0 Å². The van der Waals surface area contributed by atoms with Gasteiger partial charge < -0.3 is 5.11 Å². The van der Waals surface area contributed by atoms with Gasteiger partial charge in [-0.2, -0.15) is 0 Å². The third kappa shape index (κ3) is 1.94. The van der Waals surface area contributed by atoms with Crippen LogP contribution in [0.15, 0.2) is 24.3 Å². The van der Waals surface area contributed by atoms with E-state index in [0.29, 0.717) is 19.3 Å². The zero-order chi connectivity index (χ0) is 7.84. The molecule has 0 amide bonds. The van der Waals surface area contributed by atoms with Gasteiger partial charge >= 0.3 is 68.9 Å². The summed E-state index contributed by atoms with van der Waals surface area (Å²) in [5.74, 6) is 0. The molecule has 0 saturated heterocycles. The van der Waals surface area contributed by atoms with E-state index in [-0.39, 0.29) is 79.9 Å². The van der Waals surface area contributed by atoms with Gasteiger partial charge in [-0.15, -0.1) is 5.48 Å². The smallest absolute Gasteiger partial charge is 0.823 e. The van der Waals surface area contributed by atoms with Gasteiger partial charge in [0.25, 0.3) is 0 Å². The van der Waals surface area contributed by atoms with Crippen LogP contribution in [0.3, 0.4) is 0 Å². The molecule has 0 radical (unpaired) electrons. The number of benzene rings is 1. The fourth-order valence-corrected chi connectivity index (χ4v) is 1.88. The van der Waals surface area contributed by atoms with Crippen molar-refractivity contribution in [1.29, 1.82) is 0 Å². The summed E-state index contributed by atoms with van der Waals surface area (Å²) < 4.78 is 0. The average molecular weight is 296 g/mol. The molecule has 1 aliphatic heterocycles. The molecule has 0 unspecified atom stereocenters. The Bertz CT molecular complexity index is 360. The van der Waals surface area contributed by atoms with Gasteiger partial charge in [0.15, 0.2) is 0 Å². The van der Waals surface area contributed by atoms with Crippen LogP contribution in [-0.4, -0.2) is 11.0 Å². The van der Waals surface area contributed by atoms with Gasteiger partial charge in [0.05, 0.1) is 0 Å². The van der Waals surface area contributed by atoms with Crippen LogP contribution in [0.4, 0.5) is 0 Å². The van der Waals surface area contributed by atoms with Crippen LogP contribution in [0.25, 0.3) is 0 Å². The molecule has 12 heavy (non-hydrogen) atoms. The second-order valence-corrected chi connectivity index (χ2v) is 3.30. The van der Waals surface area contributed by atoms with E-state index in [9.17, 15) is 9.90 Å². The van der Waals surface area contributed by atoms with Crippen LogP contribution in [0.1, 0.15) is 15.9 Å². The van der Waals surface area contributed by atoms with Gasteiger partial charge in [-0.25, -0.2) is 0 Å². The zero-order valence-electron chi connectivity index (χ0n) is 6.57. The second kappa shape index (κ2) is 4.53. The number of hydrogen-bond donors (Lipinski definition) is 0. The van der Waals surface area contributed by atoms with Gasteiger partial charge in [0.2, 0.25) is 5.52 Å². The Balaban J connectivity index is 0.000000720. The zero-order valence-corrected chi connectivity index (χ0v) is 13.7. The summed E-state index contributed by atoms with van der Waals surface area (Å²) in [6.07, 6.45) is 0. The van der Waals surface area contributed by atoms with Crippen molar-refractivity contribution in [2.45, 2.75) is 0 Å². The second-order valence-electron chi connectivity index (χ2n) is 2.27. The molecule has 1 aromatic carbocycles. The van der Waals surface area contributed by atoms with Gasteiger partial charge in [-0.1, -0.05) is 24.3 Å². The molecule has 0 aliphatic carbocycles. The van der Waals surface area contributed by atoms with Crippen molar-refractivity contribution < 1.29 is 78.8 Å². The molecule has 0 spiro atoms. The quantitative estimate of drug-likeness (QED) is 0.502. The first-order valence-electron chi connectivity index (χ1n) is 3.18. The first-order chi connectivity index (χ1) is 5.29. The summed E-state index contributed by atoms with van der Waals surface area (Å²) in [4.78, 5) is 11.0. The summed E-state index contributed by atoms with van der Waals surface area (Å²) in [7, 11) is 0.294. The first-order valence-corrected chi connectivity index (χ1v) is 4.08. The molecule has 0 bridgehead atoms. The number of carbonyl (C=O) groups is 1. The van der Waals surface area contributed by atoms with Crippen LogP contribution < -0.4 is 74.0 Å². The van der Waals surface area contributed by atoms with Crippen LogP contribution >= 0.6 is 8.20 Å². The minimum Gasteiger partial charge on any atom is -0.823 e. The molecule has 1 aliphatic rings. The monoisotopic (exact) mass is 296 g/mol. The van der Waals surface area contributed by atoms with Crippen molar-refractivity contribution in [3.05, 3.63) is 35.4 Å². The van der Waals surface area contributed by atoms with Gasteiger partial charge in [-0.05, 0) is 13.8 Å². The average Bonchev–Trinajstić information content (AvgIpc) is 2.30. The third-order valence-corrected chi connectivity index (χ3v) is 2.48. The summed E-state index contributed by atoms with van der Waals surface area (Å²) in [5, 5.41) is 11.0. The molecule has 0 N–H and O–H groups in total. The molecule has 2 rings (SSSR count). The molecule has 0 aromatic heterocycles. The van der Waals surface area contributed by atoms with Crippen molar-refractivity contribution in [3.63, 3.8) is 0 Å². The predicted octanol–water partition coefficient (Wildman–Crippen LogP) is -2.37. The Labute approximate surface area is 131 Å². The standard InChI is InChI=1S/C8H5O2P.Cs/c9-7-5-3-1-2-4-6(5)8(10)11-7;/h1-4,9H;/q;+1/p-1. The molecule has 2 nitrogen and oxygen atoms in total. The minimum absolute atomic E-state index is 0. The van der Waals surface area contributed by atoms with E-state index < -0.39 is 0 Å². The fourth-order valence-electron chi connectivity index (χ4n) is 1.07. The molecule has 54 valence electrons. The SMILES string of the molecule is O=C1P=C([O-])c2ccccc21.[Cs+]. The summed E-state index contributed by atoms with van der Waals surface area (Å²) >= 11 is 0. The molecule has 0 atom stereocenters. The molecule has 1 aromatic rings. The Morgan fingerprint density at radius 1 is 1.17 bits per heavy atom. The third-order valence-electron chi connectivity index (χ3n) is 1.59. The van der Waals surface area contributed by atoms with Crippen LogP contribution in [-0.2, 0) is 0 Å². The number of fused-ring (bicyclic) bond motifs is 1. The number of rotatable bonds is 0. The van der Waals surface area contributed by atoms with E-state index in [2.05, 4.69) is 0 Å². The van der Waals surface area contributed by atoms with Crippen LogP contribution in [0, 0.1) is 0 Å². The molecule has 0 fully saturated rings. The largest absolute Gasteiger partial charge is 1.00 e. The predicted molar refractivity (Wildman–Crippen MR) is 41.8 cm³/mol. The van der Waals surface area contributed by atoms with Crippen molar-refractivity contribution in [3.8, 4) is 0 Å². The Morgan fingerprint density at radius 2 is 1.75 bits per heavy atom. The number of carbonyl (C=O) groups excluding carboxylic acids is 1. The molecular weight excluding hydrogens is 292 g/mol. The summed E-state index contributed by atoms with van der Waals surface area (Å²) in [6, 6.07) is 6.92. The molecule has 0 saturated carbocycles. The van der Waals surface area contributed by atoms with Gasteiger partial charge in [-0.3, -0.25) is 4.79 Å². The fraction of sp³-hybridized carbons (Fsp3) is 0. The van der Waals surface area contributed by atoms with Crippen molar-refractivity contribution >= 4 is 19.2 Å².